The Hall–Kier alpha value is -2.12. The lowest BCUT2D eigenvalue weighted by molar-refractivity contribution is -0.130. The zero-order valence-electron chi connectivity index (χ0n) is 15.2. The third-order valence-electron chi connectivity index (χ3n) is 4.11. The van der Waals surface area contributed by atoms with E-state index < -0.39 is 6.04 Å². The molecule has 1 aliphatic rings. The molecule has 0 radical (unpaired) electrons. The number of amides is 3. The van der Waals surface area contributed by atoms with Gasteiger partial charge in [0.25, 0.3) is 0 Å². The minimum atomic E-state index is -0.553. The molecule has 0 aromatic heterocycles. The van der Waals surface area contributed by atoms with Crippen molar-refractivity contribution in [1.29, 1.82) is 0 Å². The van der Waals surface area contributed by atoms with E-state index in [9.17, 15) is 9.59 Å². The second-order valence-electron chi connectivity index (χ2n) is 6.49. The maximum Gasteiger partial charge on any atom is 0.315 e. The van der Waals surface area contributed by atoms with Crippen LogP contribution in [0.25, 0.3) is 0 Å². The highest BCUT2D eigenvalue weighted by Gasteiger charge is 2.16. The molecule has 0 bridgehead atoms. The van der Waals surface area contributed by atoms with E-state index in [4.69, 9.17) is 4.74 Å². The van der Waals surface area contributed by atoms with Crippen molar-refractivity contribution in [3.63, 3.8) is 0 Å². The predicted octanol–water partition coefficient (Wildman–Crippen LogP) is 0.795. The molecule has 1 aromatic rings. The van der Waals surface area contributed by atoms with Crippen molar-refractivity contribution in [2.75, 3.05) is 40.4 Å². The Bertz CT molecular complexity index is 585. The minimum absolute atomic E-state index is 0.136. The van der Waals surface area contributed by atoms with Gasteiger partial charge in [0.15, 0.2) is 0 Å². The Morgan fingerprint density at radius 3 is 2.60 bits per heavy atom. The fraction of sp³-hybridized carbons (Fsp3) is 0.556. The van der Waals surface area contributed by atoms with E-state index in [2.05, 4.69) is 27.7 Å². The van der Waals surface area contributed by atoms with Gasteiger partial charge in [0.2, 0.25) is 5.91 Å². The maximum absolute atomic E-state index is 11.9. The first-order chi connectivity index (χ1) is 12.0. The van der Waals surface area contributed by atoms with Gasteiger partial charge in [-0.05, 0) is 18.1 Å². The molecule has 1 aliphatic heterocycles. The Morgan fingerprint density at radius 1 is 1.24 bits per heavy atom. The molecule has 2 rings (SSSR count). The van der Waals surface area contributed by atoms with Gasteiger partial charge in [-0.3, -0.25) is 9.69 Å². The van der Waals surface area contributed by atoms with Crippen LogP contribution in [0.1, 0.15) is 18.1 Å². The number of carbonyl (C=O) groups excluding carboxylic acids is 2. The maximum atomic E-state index is 11.9. The fourth-order valence-corrected chi connectivity index (χ4v) is 2.73. The molecule has 7 nitrogen and oxygen atoms in total. The number of hydrogen-bond donors (Lipinski definition) is 2. The van der Waals surface area contributed by atoms with Crippen molar-refractivity contribution in [3.05, 3.63) is 35.4 Å². The molecule has 0 aliphatic carbocycles. The largest absolute Gasteiger partial charge is 0.379 e. The van der Waals surface area contributed by atoms with Crippen LogP contribution >= 0.6 is 0 Å². The molecule has 1 saturated heterocycles. The molecule has 3 amide bonds. The normalized spacial score (nSPS) is 16.1. The predicted molar refractivity (Wildman–Crippen MR) is 96.1 cm³/mol. The summed E-state index contributed by atoms with van der Waals surface area (Å²) >= 11 is 0. The van der Waals surface area contributed by atoms with E-state index in [0.29, 0.717) is 6.54 Å². The summed E-state index contributed by atoms with van der Waals surface area (Å²) in [7, 11) is 3.33. The van der Waals surface area contributed by atoms with Gasteiger partial charge in [0.05, 0.1) is 13.2 Å². The molecule has 1 fully saturated rings. The summed E-state index contributed by atoms with van der Waals surface area (Å²) in [5, 5.41) is 5.45. The van der Waals surface area contributed by atoms with Crippen LogP contribution in [0.5, 0.6) is 0 Å². The van der Waals surface area contributed by atoms with Crippen LogP contribution < -0.4 is 10.6 Å². The summed E-state index contributed by atoms with van der Waals surface area (Å²) in [5.41, 5.74) is 2.25. The average molecular weight is 348 g/mol. The standard InChI is InChI=1S/C18H28N4O3/c1-14(17(23)21(2)3)20-18(24)19-12-15-5-4-6-16(11-15)13-22-7-9-25-10-8-22/h4-6,11,14H,7-10,12-13H2,1-3H3,(H2,19,20,24)/t14-/m1/s1. The third-order valence-corrected chi connectivity index (χ3v) is 4.11. The van der Waals surface area contributed by atoms with Crippen LogP contribution in [0, 0.1) is 0 Å². The van der Waals surface area contributed by atoms with Gasteiger partial charge in [-0.15, -0.1) is 0 Å². The van der Waals surface area contributed by atoms with Crippen LogP contribution in [0.3, 0.4) is 0 Å². The topological polar surface area (TPSA) is 73.9 Å². The van der Waals surface area contributed by atoms with Gasteiger partial charge in [-0.2, -0.15) is 0 Å². The lowest BCUT2D eigenvalue weighted by Crippen LogP contribution is -2.47. The molecule has 0 saturated carbocycles. The second-order valence-corrected chi connectivity index (χ2v) is 6.49. The van der Waals surface area contributed by atoms with Gasteiger partial charge >= 0.3 is 6.03 Å². The van der Waals surface area contributed by atoms with Crippen molar-refractivity contribution >= 4 is 11.9 Å². The molecule has 0 unspecified atom stereocenters. The van der Waals surface area contributed by atoms with E-state index in [0.717, 1.165) is 38.4 Å². The third kappa shape index (κ3) is 6.36. The Morgan fingerprint density at radius 2 is 1.92 bits per heavy atom. The van der Waals surface area contributed by atoms with Crippen molar-refractivity contribution in [2.24, 2.45) is 0 Å². The molecule has 2 N–H and O–H groups in total. The highest BCUT2D eigenvalue weighted by molar-refractivity contribution is 5.86. The summed E-state index contributed by atoms with van der Waals surface area (Å²) < 4.78 is 5.37. The van der Waals surface area contributed by atoms with E-state index >= 15 is 0 Å². The lowest BCUT2D eigenvalue weighted by Gasteiger charge is -2.26. The molecule has 1 aromatic carbocycles. The molecular formula is C18H28N4O3. The van der Waals surface area contributed by atoms with E-state index in [-0.39, 0.29) is 11.9 Å². The number of urea groups is 1. The smallest absolute Gasteiger partial charge is 0.315 e. The lowest BCUT2D eigenvalue weighted by atomic mass is 10.1. The number of ether oxygens (including phenoxy) is 1. The van der Waals surface area contributed by atoms with Crippen molar-refractivity contribution in [2.45, 2.75) is 26.1 Å². The first-order valence-electron chi connectivity index (χ1n) is 8.59. The Kier molecular flexibility index (Phi) is 7.21. The zero-order chi connectivity index (χ0) is 18.2. The molecule has 0 spiro atoms. The molecule has 7 heteroatoms. The average Bonchev–Trinajstić information content (AvgIpc) is 2.60. The molecule has 1 heterocycles. The number of morpholine rings is 1. The quantitative estimate of drug-likeness (QED) is 0.797. The summed E-state index contributed by atoms with van der Waals surface area (Å²) in [6.07, 6.45) is 0. The number of hydrogen-bond acceptors (Lipinski definition) is 4. The Balaban J connectivity index is 1.81. The summed E-state index contributed by atoms with van der Waals surface area (Å²) in [4.78, 5) is 27.5. The molecule has 25 heavy (non-hydrogen) atoms. The number of nitrogens with zero attached hydrogens (tertiary/aromatic N) is 2. The first kappa shape index (κ1) is 19.2. The van der Waals surface area contributed by atoms with Gasteiger partial charge in [0, 0.05) is 40.3 Å². The van der Waals surface area contributed by atoms with Crippen LogP contribution in [0.15, 0.2) is 24.3 Å². The SMILES string of the molecule is C[C@@H](NC(=O)NCc1cccc(CN2CCOCC2)c1)C(=O)N(C)C. The number of carbonyl (C=O) groups is 2. The first-order valence-corrected chi connectivity index (χ1v) is 8.59. The minimum Gasteiger partial charge on any atom is -0.379 e. The molecule has 1 atom stereocenters. The summed E-state index contributed by atoms with van der Waals surface area (Å²) in [5.74, 6) is -0.136. The molecule has 138 valence electrons. The van der Waals surface area contributed by atoms with Crippen molar-refractivity contribution in [3.8, 4) is 0 Å². The number of nitrogens with one attached hydrogen (secondary N) is 2. The van der Waals surface area contributed by atoms with Crippen molar-refractivity contribution < 1.29 is 14.3 Å². The second kappa shape index (κ2) is 9.39. The Labute approximate surface area is 149 Å². The van der Waals surface area contributed by atoms with Crippen LogP contribution in [0.2, 0.25) is 0 Å². The highest BCUT2D eigenvalue weighted by atomic mass is 16.5. The van der Waals surface area contributed by atoms with Crippen LogP contribution in [0.4, 0.5) is 4.79 Å². The van der Waals surface area contributed by atoms with E-state index in [1.54, 1.807) is 21.0 Å². The van der Waals surface area contributed by atoms with Gasteiger partial charge in [-0.1, -0.05) is 24.3 Å². The molecular weight excluding hydrogens is 320 g/mol. The summed E-state index contributed by atoms with van der Waals surface area (Å²) in [6.45, 7) is 6.44. The number of rotatable bonds is 6. The number of benzene rings is 1. The van der Waals surface area contributed by atoms with Gasteiger partial charge in [-0.25, -0.2) is 4.79 Å². The van der Waals surface area contributed by atoms with E-state index in [1.165, 1.54) is 10.5 Å². The number of likely N-dealkylation sites (N-methyl/N-ethyl adjacent to an activating group) is 1. The van der Waals surface area contributed by atoms with E-state index in [1.807, 2.05) is 12.1 Å². The monoisotopic (exact) mass is 348 g/mol. The van der Waals surface area contributed by atoms with Gasteiger partial charge in [0.1, 0.15) is 6.04 Å². The zero-order valence-corrected chi connectivity index (χ0v) is 15.2. The summed E-state index contributed by atoms with van der Waals surface area (Å²) in [6, 6.07) is 7.28. The van der Waals surface area contributed by atoms with Gasteiger partial charge < -0.3 is 20.3 Å². The van der Waals surface area contributed by atoms with Crippen LogP contribution in [-0.2, 0) is 22.6 Å². The van der Waals surface area contributed by atoms with Crippen LogP contribution in [-0.4, -0.2) is 68.2 Å². The van der Waals surface area contributed by atoms with Crippen molar-refractivity contribution in [1.82, 2.24) is 20.4 Å². The highest BCUT2D eigenvalue weighted by Crippen LogP contribution is 2.10. The fourth-order valence-electron chi connectivity index (χ4n) is 2.73.